The normalized spacial score (nSPS) is 25.4. The van der Waals surface area contributed by atoms with E-state index in [1.807, 2.05) is 26.1 Å². The fourth-order valence-corrected chi connectivity index (χ4v) is 2.68. The van der Waals surface area contributed by atoms with Crippen molar-refractivity contribution >= 4 is 6.21 Å². The Kier molecular flexibility index (Phi) is 6.13. The second-order valence-electron chi connectivity index (χ2n) is 4.86. The average Bonchev–Trinajstić information content (AvgIpc) is 2.38. The maximum Gasteiger partial charge on any atom is 0.0810 e. The van der Waals surface area contributed by atoms with Gasteiger partial charge < -0.3 is 10.6 Å². The summed E-state index contributed by atoms with van der Waals surface area (Å²) in [6.07, 6.45) is 8.43. The molecular formula is C15H27N3. The first-order chi connectivity index (χ1) is 8.63. The Balaban J connectivity index is 2.73. The summed E-state index contributed by atoms with van der Waals surface area (Å²) in [6.45, 7) is 11.3. The molecule has 1 aliphatic carbocycles. The summed E-state index contributed by atoms with van der Waals surface area (Å²) in [5.41, 5.74) is 7.99. The minimum Gasteiger partial charge on any atom is -0.368 e. The quantitative estimate of drug-likeness (QED) is 0.601. The third kappa shape index (κ3) is 3.70. The van der Waals surface area contributed by atoms with Gasteiger partial charge in [0.05, 0.1) is 11.4 Å². The zero-order valence-corrected chi connectivity index (χ0v) is 12.0. The lowest BCUT2D eigenvalue weighted by molar-refractivity contribution is 0.202. The number of hydrogen-bond acceptors (Lipinski definition) is 3. The molecule has 1 fully saturated rings. The van der Waals surface area contributed by atoms with E-state index in [0.717, 1.165) is 30.8 Å². The number of hydrogen-bond donors (Lipinski definition) is 1. The molecule has 0 aromatic heterocycles. The van der Waals surface area contributed by atoms with Crippen LogP contribution in [0, 0.1) is 0 Å². The summed E-state index contributed by atoms with van der Waals surface area (Å²) in [5, 5.41) is 0. The number of rotatable bonds is 5. The van der Waals surface area contributed by atoms with Crippen LogP contribution in [-0.4, -0.2) is 29.7 Å². The minimum atomic E-state index is 0.392. The molecule has 0 atom stereocenters. The first-order valence-corrected chi connectivity index (χ1v) is 7.00. The molecule has 0 aromatic rings. The molecule has 0 bridgehead atoms. The Bertz CT molecular complexity index is 323. The summed E-state index contributed by atoms with van der Waals surface area (Å²) in [4.78, 5) is 6.77. The Hall–Kier alpha value is -1.09. The molecule has 1 rings (SSSR count). The predicted octanol–water partition coefficient (Wildman–Crippen LogP) is 3.09. The summed E-state index contributed by atoms with van der Waals surface area (Å²) >= 11 is 0. The van der Waals surface area contributed by atoms with E-state index in [1.165, 1.54) is 12.8 Å². The lowest BCUT2D eigenvalue weighted by Crippen LogP contribution is -2.40. The maximum atomic E-state index is 5.97. The van der Waals surface area contributed by atoms with E-state index in [2.05, 4.69) is 23.4 Å². The number of allylic oxidation sites excluding steroid dienone is 1. The Morgan fingerprint density at radius 3 is 2.39 bits per heavy atom. The largest absolute Gasteiger partial charge is 0.368 e. The topological polar surface area (TPSA) is 41.6 Å². The average molecular weight is 249 g/mol. The third-order valence-corrected chi connectivity index (χ3v) is 3.71. The monoisotopic (exact) mass is 249 g/mol. The van der Waals surface area contributed by atoms with Crippen LogP contribution in [-0.2, 0) is 0 Å². The van der Waals surface area contributed by atoms with Crippen LogP contribution in [0.2, 0.25) is 0 Å². The summed E-state index contributed by atoms with van der Waals surface area (Å²) in [7, 11) is 0. The standard InChI is InChI=1S/C15H27N3/c1-5-15(17-6-2)12(4)18(7-3)14-10-8-13(16)9-11-14/h5-6,13-14H,4,7-11,16H2,1-3H3/b15-5-,17-6?. The van der Waals surface area contributed by atoms with Crippen LogP contribution in [0.1, 0.15) is 46.5 Å². The van der Waals surface area contributed by atoms with Crippen molar-refractivity contribution in [3.05, 3.63) is 24.0 Å². The Labute approximate surface area is 111 Å². The Morgan fingerprint density at radius 2 is 1.94 bits per heavy atom. The van der Waals surface area contributed by atoms with E-state index >= 15 is 0 Å². The van der Waals surface area contributed by atoms with Gasteiger partial charge in [0.2, 0.25) is 0 Å². The van der Waals surface area contributed by atoms with Gasteiger partial charge in [0, 0.05) is 24.8 Å². The van der Waals surface area contributed by atoms with Crippen LogP contribution in [0.4, 0.5) is 0 Å². The van der Waals surface area contributed by atoms with Crippen LogP contribution in [0.25, 0.3) is 0 Å². The van der Waals surface area contributed by atoms with Gasteiger partial charge >= 0.3 is 0 Å². The highest BCUT2D eigenvalue weighted by Gasteiger charge is 2.24. The fourth-order valence-electron chi connectivity index (χ4n) is 2.68. The van der Waals surface area contributed by atoms with Crippen LogP contribution in [0.5, 0.6) is 0 Å². The molecule has 0 saturated heterocycles. The van der Waals surface area contributed by atoms with Gasteiger partial charge in [-0.25, -0.2) is 0 Å². The number of likely N-dealkylation sites (N-methyl/N-ethyl adjacent to an activating group) is 1. The van der Waals surface area contributed by atoms with Gasteiger partial charge in [-0.05, 0) is 46.5 Å². The van der Waals surface area contributed by atoms with Crippen molar-refractivity contribution < 1.29 is 0 Å². The van der Waals surface area contributed by atoms with Gasteiger partial charge in [0.1, 0.15) is 0 Å². The first-order valence-electron chi connectivity index (χ1n) is 7.00. The number of aliphatic imine (C=N–C) groups is 1. The van der Waals surface area contributed by atoms with Crippen molar-refractivity contribution in [2.75, 3.05) is 6.54 Å². The van der Waals surface area contributed by atoms with Crippen LogP contribution < -0.4 is 5.73 Å². The van der Waals surface area contributed by atoms with Crippen molar-refractivity contribution in [1.82, 2.24) is 4.90 Å². The molecule has 0 aliphatic heterocycles. The maximum absolute atomic E-state index is 5.97. The molecule has 0 heterocycles. The lowest BCUT2D eigenvalue weighted by atomic mass is 9.90. The van der Waals surface area contributed by atoms with Crippen LogP contribution >= 0.6 is 0 Å². The molecule has 3 nitrogen and oxygen atoms in total. The SMILES string of the molecule is C=C(/C(=C/C)N=CC)N(CC)C1CCC(N)CC1. The van der Waals surface area contributed by atoms with E-state index in [-0.39, 0.29) is 0 Å². The zero-order chi connectivity index (χ0) is 13.5. The fraction of sp³-hybridized carbons (Fsp3) is 0.667. The van der Waals surface area contributed by atoms with Crippen LogP contribution in [0.15, 0.2) is 29.0 Å². The molecular weight excluding hydrogens is 222 g/mol. The molecule has 0 unspecified atom stereocenters. The number of nitrogens with two attached hydrogens (primary N) is 1. The second kappa shape index (κ2) is 7.37. The van der Waals surface area contributed by atoms with Crippen molar-refractivity contribution in [2.45, 2.75) is 58.5 Å². The lowest BCUT2D eigenvalue weighted by Gasteiger charge is -2.38. The van der Waals surface area contributed by atoms with E-state index in [1.54, 1.807) is 0 Å². The van der Waals surface area contributed by atoms with E-state index in [0.29, 0.717) is 12.1 Å². The van der Waals surface area contributed by atoms with E-state index < -0.39 is 0 Å². The smallest absolute Gasteiger partial charge is 0.0810 e. The molecule has 2 N–H and O–H groups in total. The minimum absolute atomic E-state index is 0.392. The Morgan fingerprint density at radius 1 is 1.33 bits per heavy atom. The third-order valence-electron chi connectivity index (χ3n) is 3.71. The van der Waals surface area contributed by atoms with Gasteiger partial charge in [0.25, 0.3) is 0 Å². The highest BCUT2D eigenvalue weighted by Crippen LogP contribution is 2.27. The molecule has 102 valence electrons. The van der Waals surface area contributed by atoms with Crippen LogP contribution in [0.3, 0.4) is 0 Å². The van der Waals surface area contributed by atoms with Crippen molar-refractivity contribution in [2.24, 2.45) is 10.7 Å². The zero-order valence-electron chi connectivity index (χ0n) is 12.0. The predicted molar refractivity (Wildman–Crippen MR) is 79.7 cm³/mol. The van der Waals surface area contributed by atoms with Gasteiger partial charge in [0.15, 0.2) is 0 Å². The van der Waals surface area contributed by atoms with Crippen molar-refractivity contribution in [1.29, 1.82) is 0 Å². The summed E-state index contributed by atoms with van der Waals surface area (Å²) in [6, 6.07) is 0.965. The molecule has 0 aromatic carbocycles. The number of nitrogens with zero attached hydrogens (tertiary/aromatic N) is 2. The summed E-state index contributed by atoms with van der Waals surface area (Å²) in [5.74, 6) is 0. The van der Waals surface area contributed by atoms with Crippen molar-refractivity contribution in [3.8, 4) is 0 Å². The molecule has 0 amide bonds. The summed E-state index contributed by atoms with van der Waals surface area (Å²) < 4.78 is 0. The highest BCUT2D eigenvalue weighted by molar-refractivity contribution is 5.56. The molecule has 0 spiro atoms. The molecule has 1 saturated carbocycles. The van der Waals surface area contributed by atoms with Gasteiger partial charge in [-0.3, -0.25) is 4.99 Å². The molecule has 1 aliphatic rings. The second-order valence-corrected chi connectivity index (χ2v) is 4.86. The van der Waals surface area contributed by atoms with Crippen molar-refractivity contribution in [3.63, 3.8) is 0 Å². The molecule has 0 radical (unpaired) electrons. The van der Waals surface area contributed by atoms with Gasteiger partial charge in [-0.15, -0.1) is 0 Å². The first kappa shape index (κ1) is 15.0. The van der Waals surface area contributed by atoms with E-state index in [9.17, 15) is 0 Å². The molecule has 3 heteroatoms. The molecule has 18 heavy (non-hydrogen) atoms. The van der Waals surface area contributed by atoms with Gasteiger partial charge in [-0.1, -0.05) is 12.7 Å². The van der Waals surface area contributed by atoms with E-state index in [4.69, 9.17) is 5.73 Å². The highest BCUT2D eigenvalue weighted by atomic mass is 15.2. The van der Waals surface area contributed by atoms with Gasteiger partial charge in [-0.2, -0.15) is 0 Å².